The van der Waals surface area contributed by atoms with Crippen LogP contribution in [0.4, 0.5) is 13.2 Å². The smallest absolute Gasteiger partial charge is 0.389 e. The SMILES string of the molecule is N#CC1=C(c2ccc(S)cc2)CC2(CCc3cc(OCCCC(F)(F)F)ccc32)NC1=O. The lowest BCUT2D eigenvalue weighted by Gasteiger charge is -2.37. The molecule has 0 saturated heterocycles. The van der Waals surface area contributed by atoms with E-state index in [1.54, 1.807) is 6.07 Å². The van der Waals surface area contributed by atoms with Gasteiger partial charge in [-0.25, -0.2) is 0 Å². The monoisotopic (exact) mass is 458 g/mol. The maximum atomic E-state index is 12.8. The van der Waals surface area contributed by atoms with Gasteiger partial charge in [-0.05, 0) is 65.8 Å². The van der Waals surface area contributed by atoms with Crippen LogP contribution in [-0.2, 0) is 16.8 Å². The summed E-state index contributed by atoms with van der Waals surface area (Å²) in [6.07, 6.45) is -3.33. The molecule has 1 atom stereocenters. The average molecular weight is 459 g/mol. The Balaban J connectivity index is 1.57. The number of thiol groups is 1. The first-order valence-corrected chi connectivity index (χ1v) is 10.7. The van der Waals surface area contributed by atoms with Crippen molar-refractivity contribution in [3.63, 3.8) is 0 Å². The van der Waals surface area contributed by atoms with Gasteiger partial charge in [-0.15, -0.1) is 12.6 Å². The number of aryl methyl sites for hydroxylation is 1. The van der Waals surface area contributed by atoms with Crippen LogP contribution in [0.2, 0.25) is 0 Å². The molecule has 1 spiro atoms. The Kier molecular flexibility index (Phi) is 5.95. The molecule has 0 radical (unpaired) electrons. The van der Waals surface area contributed by atoms with Crippen LogP contribution in [0.1, 0.15) is 42.4 Å². The number of carbonyl (C=O) groups excluding carboxylic acids is 1. The Hall–Kier alpha value is -2.92. The number of benzene rings is 2. The van der Waals surface area contributed by atoms with E-state index in [0.29, 0.717) is 30.6 Å². The highest BCUT2D eigenvalue weighted by molar-refractivity contribution is 7.80. The Labute approximate surface area is 189 Å². The van der Waals surface area contributed by atoms with Crippen molar-refractivity contribution in [2.24, 2.45) is 0 Å². The molecule has 32 heavy (non-hydrogen) atoms. The number of amides is 1. The number of fused-ring (bicyclic) bond motifs is 2. The van der Waals surface area contributed by atoms with Crippen LogP contribution in [0.15, 0.2) is 52.9 Å². The van der Waals surface area contributed by atoms with Gasteiger partial charge in [0.2, 0.25) is 0 Å². The van der Waals surface area contributed by atoms with Crippen molar-refractivity contribution in [3.8, 4) is 11.8 Å². The van der Waals surface area contributed by atoms with E-state index >= 15 is 0 Å². The van der Waals surface area contributed by atoms with Gasteiger partial charge in [-0.3, -0.25) is 4.79 Å². The van der Waals surface area contributed by atoms with Crippen molar-refractivity contribution >= 4 is 24.1 Å². The van der Waals surface area contributed by atoms with Crippen molar-refractivity contribution in [1.82, 2.24) is 5.32 Å². The van der Waals surface area contributed by atoms with Crippen molar-refractivity contribution in [3.05, 3.63) is 64.7 Å². The van der Waals surface area contributed by atoms with Gasteiger partial charge in [0.15, 0.2) is 0 Å². The number of alkyl halides is 3. The molecule has 0 aromatic heterocycles. The van der Waals surface area contributed by atoms with Crippen LogP contribution in [0.25, 0.3) is 5.57 Å². The molecule has 1 amide bonds. The van der Waals surface area contributed by atoms with Crippen LogP contribution in [0.5, 0.6) is 5.75 Å². The minimum absolute atomic E-state index is 0.0142. The molecule has 2 aromatic rings. The highest BCUT2D eigenvalue weighted by atomic mass is 32.1. The molecule has 1 heterocycles. The molecule has 0 bridgehead atoms. The number of nitrogens with zero attached hydrogens (tertiary/aromatic N) is 1. The van der Waals surface area contributed by atoms with Gasteiger partial charge in [0.25, 0.3) is 5.91 Å². The zero-order valence-corrected chi connectivity index (χ0v) is 18.0. The van der Waals surface area contributed by atoms with Crippen LogP contribution in [-0.4, -0.2) is 18.7 Å². The number of halogens is 3. The Morgan fingerprint density at radius 1 is 1.19 bits per heavy atom. The predicted octanol–water partition coefficient (Wildman–Crippen LogP) is 5.34. The maximum Gasteiger partial charge on any atom is 0.389 e. The summed E-state index contributed by atoms with van der Waals surface area (Å²) >= 11 is 4.30. The first-order chi connectivity index (χ1) is 15.2. The molecule has 1 aliphatic heterocycles. The van der Waals surface area contributed by atoms with E-state index in [0.717, 1.165) is 21.6 Å². The number of hydrogen-bond acceptors (Lipinski definition) is 4. The topological polar surface area (TPSA) is 62.1 Å². The van der Waals surface area contributed by atoms with Crippen LogP contribution < -0.4 is 10.1 Å². The number of nitrogens with one attached hydrogen (secondary N) is 1. The van der Waals surface area contributed by atoms with E-state index in [1.165, 1.54) is 0 Å². The fraction of sp³-hybridized carbons (Fsp3) is 0.333. The third-order valence-electron chi connectivity index (χ3n) is 5.97. The first-order valence-electron chi connectivity index (χ1n) is 10.3. The molecule has 1 unspecified atom stereocenters. The molecule has 2 aliphatic rings. The highest BCUT2D eigenvalue weighted by Crippen LogP contribution is 2.47. The Morgan fingerprint density at radius 2 is 1.94 bits per heavy atom. The third-order valence-corrected chi connectivity index (χ3v) is 6.27. The van der Waals surface area contributed by atoms with Crippen molar-refractivity contribution in [1.29, 1.82) is 5.26 Å². The zero-order valence-electron chi connectivity index (χ0n) is 17.1. The Bertz CT molecular complexity index is 1120. The zero-order chi connectivity index (χ0) is 22.9. The van der Waals surface area contributed by atoms with Gasteiger partial charge in [0.1, 0.15) is 17.4 Å². The van der Waals surface area contributed by atoms with E-state index in [1.807, 2.05) is 42.5 Å². The lowest BCUT2D eigenvalue weighted by atomic mass is 9.78. The second kappa shape index (κ2) is 8.55. The van der Waals surface area contributed by atoms with Crippen LogP contribution in [0, 0.1) is 11.3 Å². The molecule has 1 N–H and O–H groups in total. The van der Waals surface area contributed by atoms with Gasteiger partial charge >= 0.3 is 6.18 Å². The van der Waals surface area contributed by atoms with E-state index in [4.69, 9.17) is 4.74 Å². The molecule has 0 saturated carbocycles. The van der Waals surface area contributed by atoms with Gasteiger partial charge in [-0.2, -0.15) is 18.4 Å². The number of rotatable bonds is 5. The van der Waals surface area contributed by atoms with Gasteiger partial charge < -0.3 is 10.1 Å². The molecule has 1 aliphatic carbocycles. The number of nitriles is 1. The normalized spacial score (nSPS) is 20.2. The van der Waals surface area contributed by atoms with Gasteiger partial charge in [-0.1, -0.05) is 18.2 Å². The maximum absolute atomic E-state index is 12.8. The first kappa shape index (κ1) is 22.3. The Morgan fingerprint density at radius 3 is 2.62 bits per heavy atom. The largest absolute Gasteiger partial charge is 0.494 e. The summed E-state index contributed by atoms with van der Waals surface area (Å²) < 4.78 is 42.4. The number of ether oxygens (including phenoxy) is 1. The predicted molar refractivity (Wildman–Crippen MR) is 116 cm³/mol. The quantitative estimate of drug-likeness (QED) is 0.470. The van der Waals surface area contributed by atoms with Crippen LogP contribution in [0.3, 0.4) is 0 Å². The molecule has 0 fully saturated rings. The lowest BCUT2D eigenvalue weighted by Crippen LogP contribution is -2.48. The van der Waals surface area contributed by atoms with Crippen molar-refractivity contribution in [2.75, 3.05) is 6.61 Å². The third kappa shape index (κ3) is 4.49. The summed E-state index contributed by atoms with van der Waals surface area (Å²) in [4.78, 5) is 13.6. The van der Waals surface area contributed by atoms with Crippen molar-refractivity contribution in [2.45, 2.75) is 48.7 Å². The summed E-state index contributed by atoms with van der Waals surface area (Å²) in [6.45, 7) is -0.0142. The highest BCUT2D eigenvalue weighted by Gasteiger charge is 2.45. The van der Waals surface area contributed by atoms with Crippen molar-refractivity contribution < 1.29 is 22.7 Å². The lowest BCUT2D eigenvalue weighted by molar-refractivity contribution is -0.136. The van der Waals surface area contributed by atoms with E-state index < -0.39 is 24.0 Å². The summed E-state index contributed by atoms with van der Waals surface area (Å²) in [5, 5.41) is 12.6. The minimum Gasteiger partial charge on any atom is -0.494 e. The molecule has 4 rings (SSSR count). The van der Waals surface area contributed by atoms with E-state index in [-0.39, 0.29) is 18.6 Å². The molecule has 4 nitrogen and oxygen atoms in total. The molecular formula is C24H21F3N2O2S. The molecular weight excluding hydrogens is 437 g/mol. The number of hydrogen-bond donors (Lipinski definition) is 2. The van der Waals surface area contributed by atoms with E-state index in [2.05, 4.69) is 17.9 Å². The molecule has 2 aromatic carbocycles. The second-order valence-electron chi connectivity index (χ2n) is 8.11. The minimum atomic E-state index is -4.19. The van der Waals surface area contributed by atoms with Crippen LogP contribution >= 0.6 is 12.6 Å². The van der Waals surface area contributed by atoms with E-state index in [9.17, 15) is 23.2 Å². The standard InChI is InChI=1S/C24H21F3N2O2S/c25-24(26,27)9-1-11-31-17-4-7-21-16(12-17)8-10-23(21)13-19(20(14-28)22(30)29-23)15-2-5-18(32)6-3-15/h2-7,12,32H,1,8-11,13H2,(H,29,30). The molecule has 8 heteroatoms. The van der Waals surface area contributed by atoms with Gasteiger partial charge in [0, 0.05) is 17.7 Å². The summed E-state index contributed by atoms with van der Waals surface area (Å²) in [5.41, 5.74) is 2.94. The summed E-state index contributed by atoms with van der Waals surface area (Å²) in [7, 11) is 0. The fourth-order valence-electron chi connectivity index (χ4n) is 4.47. The summed E-state index contributed by atoms with van der Waals surface area (Å²) in [5.74, 6) is 0.118. The second-order valence-corrected chi connectivity index (χ2v) is 8.63. The average Bonchev–Trinajstić information content (AvgIpc) is 3.08. The number of carbonyl (C=O) groups is 1. The van der Waals surface area contributed by atoms with Gasteiger partial charge in [0.05, 0.1) is 12.1 Å². The summed E-state index contributed by atoms with van der Waals surface area (Å²) in [6, 6.07) is 14.8. The fourth-order valence-corrected chi connectivity index (χ4v) is 4.62. The molecule has 166 valence electrons.